The van der Waals surface area contributed by atoms with Gasteiger partial charge in [0.05, 0.1) is 5.56 Å². The Kier molecular flexibility index (Phi) is 8.58. The van der Waals surface area contributed by atoms with Crippen molar-refractivity contribution in [1.29, 1.82) is 0 Å². The summed E-state index contributed by atoms with van der Waals surface area (Å²) in [6.07, 6.45) is 7.50. The van der Waals surface area contributed by atoms with Crippen molar-refractivity contribution in [3.05, 3.63) is 112 Å². The van der Waals surface area contributed by atoms with E-state index >= 15 is 0 Å². The monoisotopic (exact) mass is 622 g/mol. The van der Waals surface area contributed by atoms with Crippen LogP contribution in [0.3, 0.4) is 0 Å². The molecule has 1 unspecified atom stereocenters. The number of hydrogen-bond acceptors (Lipinski definition) is 5. The van der Waals surface area contributed by atoms with E-state index in [0.717, 1.165) is 52.3 Å². The zero-order chi connectivity index (χ0) is 31.8. The van der Waals surface area contributed by atoms with Crippen molar-refractivity contribution in [3.8, 4) is 11.5 Å². The molecule has 0 amide bonds. The third-order valence-electron chi connectivity index (χ3n) is 9.02. The third kappa shape index (κ3) is 5.91. The number of carbonyl (C=O) groups is 1. The molecule has 5 nitrogen and oxygen atoms in total. The van der Waals surface area contributed by atoms with Crippen molar-refractivity contribution in [3.63, 3.8) is 0 Å². The van der Waals surface area contributed by atoms with Crippen LogP contribution in [-0.2, 0) is 10.3 Å². The Hall–Kier alpha value is -3.96. The number of anilines is 3. The lowest BCUT2D eigenvalue weighted by Crippen LogP contribution is -2.42. The maximum atomic E-state index is 13.5. The lowest BCUT2D eigenvalue weighted by molar-refractivity contribution is 0.0224. The Labute approximate surface area is 272 Å². The number of halogens is 1. The highest BCUT2D eigenvalue weighted by molar-refractivity contribution is 6.30. The highest BCUT2D eigenvalue weighted by Gasteiger charge is 2.53. The van der Waals surface area contributed by atoms with E-state index in [4.69, 9.17) is 21.1 Å². The fourth-order valence-corrected chi connectivity index (χ4v) is 6.83. The maximum absolute atomic E-state index is 13.5. The lowest BCUT2D eigenvalue weighted by Gasteiger charge is -2.40. The van der Waals surface area contributed by atoms with Gasteiger partial charge in [-0.05, 0) is 94.3 Å². The van der Waals surface area contributed by atoms with E-state index in [1.54, 1.807) is 0 Å². The van der Waals surface area contributed by atoms with Crippen LogP contribution in [0, 0.1) is 6.92 Å². The summed E-state index contributed by atoms with van der Waals surface area (Å²) < 4.78 is 13.2. The number of carbonyl (C=O) groups excluding carboxylic acids is 1. The smallest absolute Gasteiger partial charge is 0.340 e. The molecule has 4 aromatic carbocycles. The topological polar surface area (TPSA) is 50.8 Å². The van der Waals surface area contributed by atoms with E-state index in [9.17, 15) is 4.79 Å². The molecule has 2 aliphatic heterocycles. The Morgan fingerprint density at radius 3 is 2.29 bits per heavy atom. The lowest BCUT2D eigenvalue weighted by atomic mass is 9.77. The van der Waals surface area contributed by atoms with Crippen molar-refractivity contribution >= 4 is 34.6 Å². The van der Waals surface area contributed by atoms with Gasteiger partial charge in [-0.2, -0.15) is 0 Å². The fraction of sp³-hybridized carbons (Fsp3) is 0.359. The van der Waals surface area contributed by atoms with Gasteiger partial charge in [-0.15, -0.1) is 0 Å². The Morgan fingerprint density at radius 2 is 1.53 bits per heavy atom. The van der Waals surface area contributed by atoms with E-state index in [1.807, 2.05) is 54.6 Å². The van der Waals surface area contributed by atoms with Gasteiger partial charge >= 0.3 is 5.97 Å². The van der Waals surface area contributed by atoms with Crippen molar-refractivity contribution < 1.29 is 14.3 Å². The third-order valence-corrected chi connectivity index (χ3v) is 9.27. The quantitative estimate of drug-likeness (QED) is 0.141. The number of hydrogen-bond donors (Lipinski definition) is 1. The molecular formula is C39H43ClN2O3. The number of aryl methyl sites for hydroxylation is 1. The van der Waals surface area contributed by atoms with Crippen LogP contribution in [0.4, 0.5) is 17.1 Å². The molecule has 0 aromatic heterocycles. The van der Waals surface area contributed by atoms with Gasteiger partial charge in [-0.3, -0.25) is 0 Å². The number of benzene rings is 4. The van der Waals surface area contributed by atoms with Gasteiger partial charge in [-0.1, -0.05) is 68.8 Å². The van der Waals surface area contributed by atoms with Crippen LogP contribution in [-0.4, -0.2) is 18.1 Å². The van der Waals surface area contributed by atoms with E-state index in [1.165, 1.54) is 32.1 Å². The van der Waals surface area contributed by atoms with Crippen molar-refractivity contribution in [2.75, 3.05) is 16.8 Å². The second-order valence-corrected chi connectivity index (χ2v) is 13.7. The molecule has 1 spiro atoms. The summed E-state index contributed by atoms with van der Waals surface area (Å²) in [6, 6.07) is 25.8. The standard InChI is InChI=1S/C39H43ClN2O3/c1-6-7-8-9-10-13-22-42(38(3,4)5)29-20-21-32-36(24-29)44-35-23-26(2)34(41-28-18-16-27(40)17-19-28)25-33(35)39(32)31-15-12-11-14-30(31)37(43)45-39/h11-12,14-21,23-25,41H,6-10,13,22H2,1-5H3. The number of rotatable bonds is 10. The first-order valence-electron chi connectivity index (χ1n) is 16.2. The maximum Gasteiger partial charge on any atom is 0.340 e. The van der Waals surface area contributed by atoms with Crippen molar-refractivity contribution in [2.45, 2.75) is 84.3 Å². The van der Waals surface area contributed by atoms with Crippen molar-refractivity contribution in [2.24, 2.45) is 0 Å². The minimum absolute atomic E-state index is 0.0762. The van der Waals surface area contributed by atoms with Gasteiger partial charge in [-0.25, -0.2) is 4.79 Å². The number of nitrogens with one attached hydrogen (secondary N) is 1. The van der Waals surface area contributed by atoms with E-state index < -0.39 is 5.60 Å². The van der Waals surface area contributed by atoms with Crippen LogP contribution >= 0.6 is 11.6 Å². The van der Waals surface area contributed by atoms with Crippen LogP contribution in [0.15, 0.2) is 78.9 Å². The summed E-state index contributed by atoms with van der Waals surface area (Å²) in [5, 5.41) is 4.21. The fourth-order valence-electron chi connectivity index (χ4n) is 6.70. The second-order valence-electron chi connectivity index (χ2n) is 13.3. The zero-order valence-corrected chi connectivity index (χ0v) is 27.8. The predicted octanol–water partition coefficient (Wildman–Crippen LogP) is 10.9. The molecule has 0 fully saturated rings. The van der Waals surface area contributed by atoms with Gasteiger partial charge in [0, 0.05) is 56.9 Å². The molecule has 0 saturated heterocycles. The highest BCUT2D eigenvalue weighted by Crippen LogP contribution is 2.57. The average molecular weight is 623 g/mol. The zero-order valence-electron chi connectivity index (χ0n) is 27.0. The summed E-state index contributed by atoms with van der Waals surface area (Å²) in [6.45, 7) is 12.0. The molecule has 0 saturated carbocycles. The van der Waals surface area contributed by atoms with Gasteiger partial charge in [0.1, 0.15) is 11.5 Å². The molecule has 234 valence electrons. The molecule has 0 radical (unpaired) electrons. The largest absolute Gasteiger partial charge is 0.456 e. The summed E-state index contributed by atoms with van der Waals surface area (Å²) in [5.74, 6) is 1.06. The van der Waals surface area contributed by atoms with Crippen LogP contribution in [0.25, 0.3) is 0 Å². The Morgan fingerprint density at radius 1 is 0.822 bits per heavy atom. The highest BCUT2D eigenvalue weighted by atomic mass is 35.5. The number of fused-ring (bicyclic) bond motifs is 6. The van der Waals surface area contributed by atoms with Gasteiger partial charge in [0.2, 0.25) is 0 Å². The minimum Gasteiger partial charge on any atom is -0.456 e. The molecule has 6 heteroatoms. The molecule has 1 atom stereocenters. The molecule has 4 aromatic rings. The Bertz CT molecular complexity index is 1710. The van der Waals surface area contributed by atoms with Gasteiger partial charge < -0.3 is 19.7 Å². The molecule has 0 aliphatic carbocycles. The molecule has 2 aliphatic rings. The van der Waals surface area contributed by atoms with Crippen LogP contribution in [0.1, 0.15) is 98.8 Å². The molecule has 45 heavy (non-hydrogen) atoms. The SMILES string of the molecule is CCCCCCCCN(c1ccc2c(c1)Oc1cc(C)c(Nc3ccc(Cl)cc3)cc1C21OC(=O)c2ccccc21)C(C)(C)C. The Balaban J connectivity index is 1.43. The predicted molar refractivity (Wildman–Crippen MR) is 185 cm³/mol. The van der Waals surface area contributed by atoms with Crippen LogP contribution in [0.2, 0.25) is 5.02 Å². The second kappa shape index (κ2) is 12.4. The molecule has 1 N–H and O–H groups in total. The number of nitrogens with zero attached hydrogens (tertiary/aromatic N) is 1. The summed E-state index contributed by atoms with van der Waals surface area (Å²) in [7, 11) is 0. The van der Waals surface area contributed by atoms with Crippen molar-refractivity contribution in [1.82, 2.24) is 0 Å². The average Bonchev–Trinajstić information content (AvgIpc) is 3.30. The number of esters is 1. The molecular weight excluding hydrogens is 580 g/mol. The minimum atomic E-state index is -1.13. The van der Waals surface area contributed by atoms with Gasteiger partial charge in [0.25, 0.3) is 0 Å². The number of unbranched alkanes of at least 4 members (excludes halogenated alkanes) is 5. The van der Waals surface area contributed by atoms with Crippen LogP contribution < -0.4 is 15.0 Å². The van der Waals surface area contributed by atoms with E-state index in [0.29, 0.717) is 22.1 Å². The first kappa shape index (κ1) is 31.0. The first-order valence-corrected chi connectivity index (χ1v) is 16.6. The van der Waals surface area contributed by atoms with E-state index in [-0.39, 0.29) is 11.5 Å². The molecule has 6 rings (SSSR count). The molecule has 0 bridgehead atoms. The van der Waals surface area contributed by atoms with E-state index in [2.05, 4.69) is 69.1 Å². The first-order chi connectivity index (χ1) is 21.6. The van der Waals surface area contributed by atoms with Gasteiger partial charge in [0.15, 0.2) is 5.60 Å². The normalized spacial score (nSPS) is 16.4. The summed E-state index contributed by atoms with van der Waals surface area (Å²) >= 11 is 6.14. The number of ether oxygens (including phenoxy) is 2. The summed E-state index contributed by atoms with van der Waals surface area (Å²) in [4.78, 5) is 15.9. The van der Waals surface area contributed by atoms with Crippen LogP contribution in [0.5, 0.6) is 11.5 Å². The molecule has 2 heterocycles. The summed E-state index contributed by atoms with van der Waals surface area (Å²) in [5.41, 5.74) is 5.74.